The second-order valence-corrected chi connectivity index (χ2v) is 5.43. The Morgan fingerprint density at radius 3 is 2.26 bits per heavy atom. The second-order valence-electron chi connectivity index (χ2n) is 4.58. The third kappa shape index (κ3) is 4.39. The van der Waals surface area contributed by atoms with Crippen molar-refractivity contribution in [2.45, 2.75) is 13.5 Å². The van der Waals surface area contributed by atoms with E-state index in [1.807, 2.05) is 0 Å². The van der Waals surface area contributed by atoms with Gasteiger partial charge in [0.25, 0.3) is 0 Å². The summed E-state index contributed by atoms with van der Waals surface area (Å²) in [6.45, 7) is 1.77. The van der Waals surface area contributed by atoms with Crippen molar-refractivity contribution in [1.29, 1.82) is 0 Å². The van der Waals surface area contributed by atoms with E-state index in [0.717, 1.165) is 0 Å². The van der Waals surface area contributed by atoms with Crippen LogP contribution in [0.4, 0.5) is 4.39 Å². The van der Waals surface area contributed by atoms with Crippen molar-refractivity contribution in [3.8, 4) is 0 Å². The quantitative estimate of drug-likeness (QED) is 0.732. The Balaban J connectivity index is 2.15. The SMILES string of the molecule is CCOC(=O)c1ccccc1C(=O)OCc1cc(F)ccc1Br. The Kier molecular flexibility index (Phi) is 5.87. The highest BCUT2D eigenvalue weighted by atomic mass is 79.9. The highest BCUT2D eigenvalue weighted by Gasteiger charge is 2.19. The average Bonchev–Trinajstić information content (AvgIpc) is 2.55. The molecule has 0 bridgehead atoms. The molecule has 120 valence electrons. The van der Waals surface area contributed by atoms with Crippen LogP contribution in [-0.2, 0) is 16.1 Å². The number of esters is 2. The van der Waals surface area contributed by atoms with Crippen LogP contribution < -0.4 is 0 Å². The zero-order chi connectivity index (χ0) is 16.8. The van der Waals surface area contributed by atoms with Gasteiger partial charge in [-0.2, -0.15) is 0 Å². The fourth-order valence-electron chi connectivity index (χ4n) is 1.92. The first-order valence-corrected chi connectivity index (χ1v) is 7.69. The first-order chi connectivity index (χ1) is 11.0. The Morgan fingerprint density at radius 2 is 1.65 bits per heavy atom. The van der Waals surface area contributed by atoms with Gasteiger partial charge in [-0.25, -0.2) is 14.0 Å². The van der Waals surface area contributed by atoms with Crippen LogP contribution in [0.15, 0.2) is 46.9 Å². The van der Waals surface area contributed by atoms with E-state index in [1.165, 1.54) is 30.3 Å². The van der Waals surface area contributed by atoms with Gasteiger partial charge in [0.05, 0.1) is 17.7 Å². The van der Waals surface area contributed by atoms with Crippen molar-refractivity contribution in [3.05, 3.63) is 69.4 Å². The summed E-state index contributed by atoms with van der Waals surface area (Å²) in [4.78, 5) is 24.1. The van der Waals surface area contributed by atoms with Crippen LogP contribution in [0.2, 0.25) is 0 Å². The summed E-state index contributed by atoms with van der Waals surface area (Å²) in [5.41, 5.74) is 0.739. The molecule has 0 fully saturated rings. The molecule has 6 heteroatoms. The predicted octanol–water partition coefficient (Wildman–Crippen LogP) is 4.12. The van der Waals surface area contributed by atoms with Gasteiger partial charge < -0.3 is 9.47 Å². The van der Waals surface area contributed by atoms with Gasteiger partial charge in [0.1, 0.15) is 12.4 Å². The predicted molar refractivity (Wildman–Crippen MR) is 85.6 cm³/mol. The van der Waals surface area contributed by atoms with E-state index < -0.39 is 17.8 Å². The monoisotopic (exact) mass is 380 g/mol. The number of hydrogen-bond donors (Lipinski definition) is 0. The molecule has 0 N–H and O–H groups in total. The van der Waals surface area contributed by atoms with Crippen LogP contribution in [0, 0.1) is 5.82 Å². The van der Waals surface area contributed by atoms with Crippen molar-refractivity contribution in [3.63, 3.8) is 0 Å². The van der Waals surface area contributed by atoms with Crippen molar-refractivity contribution >= 4 is 27.9 Å². The lowest BCUT2D eigenvalue weighted by atomic mass is 10.1. The van der Waals surface area contributed by atoms with Gasteiger partial charge in [-0.1, -0.05) is 28.1 Å². The van der Waals surface area contributed by atoms with Gasteiger partial charge in [0.2, 0.25) is 0 Å². The third-order valence-corrected chi connectivity index (χ3v) is 3.78. The van der Waals surface area contributed by atoms with E-state index in [2.05, 4.69) is 15.9 Å². The van der Waals surface area contributed by atoms with Crippen LogP contribution in [0.3, 0.4) is 0 Å². The molecule has 0 spiro atoms. The van der Waals surface area contributed by atoms with E-state index in [0.29, 0.717) is 10.0 Å². The normalized spacial score (nSPS) is 10.2. The number of ether oxygens (including phenoxy) is 2. The summed E-state index contributed by atoms with van der Waals surface area (Å²) in [5, 5.41) is 0. The average molecular weight is 381 g/mol. The highest BCUT2D eigenvalue weighted by Crippen LogP contribution is 2.20. The van der Waals surface area contributed by atoms with Crippen LogP contribution in [0.1, 0.15) is 33.2 Å². The molecule has 23 heavy (non-hydrogen) atoms. The van der Waals surface area contributed by atoms with E-state index >= 15 is 0 Å². The largest absolute Gasteiger partial charge is 0.462 e. The minimum atomic E-state index is -0.676. The Morgan fingerprint density at radius 1 is 1.04 bits per heavy atom. The number of carbonyl (C=O) groups is 2. The van der Waals surface area contributed by atoms with Crippen LogP contribution in [0.25, 0.3) is 0 Å². The molecule has 0 saturated carbocycles. The number of hydrogen-bond acceptors (Lipinski definition) is 4. The minimum absolute atomic E-state index is 0.110. The van der Waals surface area contributed by atoms with Gasteiger partial charge in [0.15, 0.2) is 0 Å². The third-order valence-electron chi connectivity index (χ3n) is 3.01. The minimum Gasteiger partial charge on any atom is -0.462 e. The van der Waals surface area contributed by atoms with E-state index in [1.54, 1.807) is 19.1 Å². The molecular formula is C17H14BrFO4. The summed E-state index contributed by atoms with van der Waals surface area (Å²) >= 11 is 3.26. The Hall–Kier alpha value is -2.21. The highest BCUT2D eigenvalue weighted by molar-refractivity contribution is 9.10. The van der Waals surface area contributed by atoms with Crippen molar-refractivity contribution in [2.24, 2.45) is 0 Å². The van der Waals surface area contributed by atoms with E-state index in [-0.39, 0.29) is 24.3 Å². The van der Waals surface area contributed by atoms with Crippen LogP contribution in [-0.4, -0.2) is 18.5 Å². The zero-order valence-electron chi connectivity index (χ0n) is 12.3. The number of carbonyl (C=O) groups excluding carboxylic acids is 2. The summed E-state index contributed by atoms with van der Waals surface area (Å²) < 4.78 is 23.9. The number of halogens is 2. The first-order valence-electron chi connectivity index (χ1n) is 6.90. The topological polar surface area (TPSA) is 52.6 Å². The van der Waals surface area contributed by atoms with E-state index in [9.17, 15) is 14.0 Å². The van der Waals surface area contributed by atoms with E-state index in [4.69, 9.17) is 9.47 Å². The van der Waals surface area contributed by atoms with Crippen LogP contribution in [0.5, 0.6) is 0 Å². The summed E-state index contributed by atoms with van der Waals surface area (Å²) in [5.74, 6) is -1.69. The van der Waals surface area contributed by atoms with Gasteiger partial charge in [-0.15, -0.1) is 0 Å². The molecule has 0 atom stereocenters. The lowest BCUT2D eigenvalue weighted by Gasteiger charge is -2.10. The molecule has 0 aliphatic heterocycles. The molecule has 4 nitrogen and oxygen atoms in total. The van der Waals surface area contributed by atoms with Gasteiger partial charge in [0, 0.05) is 10.0 Å². The molecule has 0 aliphatic rings. The molecule has 0 heterocycles. The maximum Gasteiger partial charge on any atom is 0.339 e. The first kappa shape index (κ1) is 17.1. The fraction of sp³-hybridized carbons (Fsp3) is 0.176. The van der Waals surface area contributed by atoms with Gasteiger partial charge in [-0.3, -0.25) is 0 Å². The standard InChI is InChI=1S/C17H14BrFO4/c1-2-22-16(20)13-5-3-4-6-14(13)17(21)23-10-11-9-12(19)7-8-15(11)18/h3-9H,2,10H2,1H3. The Bertz CT molecular complexity index is 730. The summed E-state index contributed by atoms with van der Waals surface area (Å²) in [6, 6.07) is 10.3. The summed E-state index contributed by atoms with van der Waals surface area (Å²) in [6.07, 6.45) is 0. The fourth-order valence-corrected chi connectivity index (χ4v) is 2.28. The molecule has 0 aliphatic carbocycles. The lowest BCUT2D eigenvalue weighted by Crippen LogP contribution is -2.14. The summed E-state index contributed by atoms with van der Waals surface area (Å²) in [7, 11) is 0. The maximum atomic E-state index is 13.2. The molecule has 2 aromatic carbocycles. The van der Waals surface area contributed by atoms with Crippen molar-refractivity contribution in [1.82, 2.24) is 0 Å². The zero-order valence-corrected chi connectivity index (χ0v) is 13.9. The van der Waals surface area contributed by atoms with Crippen molar-refractivity contribution < 1.29 is 23.5 Å². The molecule has 2 rings (SSSR count). The number of benzene rings is 2. The molecular weight excluding hydrogens is 367 g/mol. The van der Waals surface area contributed by atoms with Gasteiger partial charge >= 0.3 is 11.9 Å². The molecule has 0 radical (unpaired) electrons. The molecule has 0 saturated heterocycles. The lowest BCUT2D eigenvalue weighted by molar-refractivity contribution is 0.0444. The molecule has 0 amide bonds. The smallest absolute Gasteiger partial charge is 0.339 e. The Labute approximate surface area is 141 Å². The second kappa shape index (κ2) is 7.87. The van der Waals surface area contributed by atoms with Crippen molar-refractivity contribution in [2.75, 3.05) is 6.61 Å². The molecule has 0 unspecified atom stereocenters. The van der Waals surface area contributed by atoms with Gasteiger partial charge in [-0.05, 0) is 37.3 Å². The number of rotatable bonds is 5. The molecule has 0 aromatic heterocycles. The van der Waals surface area contributed by atoms with Crippen LogP contribution >= 0.6 is 15.9 Å². The maximum absolute atomic E-state index is 13.2. The molecule has 2 aromatic rings.